The number of nitrogens with zero attached hydrogens (tertiary/aromatic N) is 2. The molecule has 1 amide bonds. The van der Waals surface area contributed by atoms with Gasteiger partial charge in [0.15, 0.2) is 0 Å². The summed E-state index contributed by atoms with van der Waals surface area (Å²) in [4.78, 5) is 14.0. The number of carbonyl (C=O) groups is 1. The third-order valence-corrected chi connectivity index (χ3v) is 3.94. The minimum Gasteiger partial charge on any atom is -0.360 e. The number of piperidine rings is 1. The molecule has 0 atom stereocenters. The molecule has 20 heavy (non-hydrogen) atoms. The summed E-state index contributed by atoms with van der Waals surface area (Å²) >= 11 is 2.23. The number of rotatable bonds is 3. The maximum absolute atomic E-state index is 12.2. The summed E-state index contributed by atoms with van der Waals surface area (Å²) in [6, 6.07) is 9.75. The Kier molecular flexibility index (Phi) is 5.41. The van der Waals surface area contributed by atoms with E-state index in [1.165, 1.54) is 6.20 Å². The van der Waals surface area contributed by atoms with Gasteiger partial charge in [-0.05, 0) is 66.1 Å². The van der Waals surface area contributed by atoms with Crippen molar-refractivity contribution in [3.8, 4) is 6.07 Å². The van der Waals surface area contributed by atoms with Crippen LogP contribution in [0.5, 0.6) is 0 Å². The Morgan fingerprint density at radius 1 is 1.25 bits per heavy atom. The number of nitrogens with one attached hydrogen (secondary N) is 1. The smallest absolute Gasteiger partial charge is 0.266 e. The number of hydrogen-bond donors (Lipinski definition) is 1. The molecule has 1 saturated heterocycles. The predicted molar refractivity (Wildman–Crippen MR) is 86.9 cm³/mol. The molecule has 2 rings (SSSR count). The summed E-state index contributed by atoms with van der Waals surface area (Å²) in [7, 11) is 0. The predicted octanol–water partition coefficient (Wildman–Crippen LogP) is 3.12. The molecule has 1 N–H and O–H groups in total. The van der Waals surface area contributed by atoms with Crippen LogP contribution in [0.1, 0.15) is 19.3 Å². The molecule has 0 bridgehead atoms. The number of benzene rings is 1. The summed E-state index contributed by atoms with van der Waals surface area (Å²) in [6.07, 6.45) is 4.71. The molecule has 0 aliphatic carbocycles. The average Bonchev–Trinajstić information content (AvgIpc) is 2.50. The van der Waals surface area contributed by atoms with E-state index >= 15 is 0 Å². The zero-order valence-corrected chi connectivity index (χ0v) is 13.3. The van der Waals surface area contributed by atoms with Crippen molar-refractivity contribution in [2.24, 2.45) is 0 Å². The molecule has 0 aromatic heterocycles. The highest BCUT2D eigenvalue weighted by molar-refractivity contribution is 14.1. The van der Waals surface area contributed by atoms with Crippen LogP contribution in [-0.4, -0.2) is 23.9 Å². The van der Waals surface area contributed by atoms with Crippen molar-refractivity contribution in [3.63, 3.8) is 0 Å². The number of amides is 1. The lowest BCUT2D eigenvalue weighted by atomic mass is 10.1. The molecule has 104 valence electrons. The van der Waals surface area contributed by atoms with Crippen LogP contribution in [0.3, 0.4) is 0 Å². The molecule has 1 fully saturated rings. The van der Waals surface area contributed by atoms with Crippen LogP contribution in [0.4, 0.5) is 5.69 Å². The van der Waals surface area contributed by atoms with Crippen molar-refractivity contribution < 1.29 is 4.79 Å². The first-order valence-corrected chi connectivity index (χ1v) is 7.70. The molecule has 1 aliphatic rings. The number of hydrogen-bond acceptors (Lipinski definition) is 3. The minimum absolute atomic E-state index is 0.158. The second-order valence-corrected chi connectivity index (χ2v) is 5.92. The fourth-order valence-corrected chi connectivity index (χ4v) is 2.47. The topological polar surface area (TPSA) is 56.1 Å². The van der Waals surface area contributed by atoms with Crippen LogP contribution in [0.15, 0.2) is 36.0 Å². The quantitative estimate of drug-likeness (QED) is 0.497. The number of likely N-dealkylation sites (tertiary alicyclic amines) is 1. The second-order valence-electron chi connectivity index (χ2n) is 4.67. The highest BCUT2D eigenvalue weighted by Crippen LogP contribution is 2.14. The Morgan fingerprint density at radius 3 is 2.50 bits per heavy atom. The molecule has 1 heterocycles. The summed E-state index contributed by atoms with van der Waals surface area (Å²) < 4.78 is 1.14. The van der Waals surface area contributed by atoms with Crippen molar-refractivity contribution in [2.75, 3.05) is 18.4 Å². The van der Waals surface area contributed by atoms with Crippen LogP contribution in [0, 0.1) is 14.9 Å². The van der Waals surface area contributed by atoms with E-state index in [-0.39, 0.29) is 11.5 Å². The maximum atomic E-state index is 12.2. The normalized spacial score (nSPS) is 15.6. The van der Waals surface area contributed by atoms with Crippen LogP contribution in [0.25, 0.3) is 0 Å². The molecule has 0 radical (unpaired) electrons. The minimum atomic E-state index is -0.176. The van der Waals surface area contributed by atoms with Crippen molar-refractivity contribution in [2.45, 2.75) is 19.3 Å². The molecule has 1 aromatic rings. The monoisotopic (exact) mass is 381 g/mol. The molecular weight excluding hydrogens is 365 g/mol. The summed E-state index contributed by atoms with van der Waals surface area (Å²) in [5.41, 5.74) is 1.02. The highest BCUT2D eigenvalue weighted by Gasteiger charge is 2.19. The molecule has 5 heteroatoms. The van der Waals surface area contributed by atoms with Crippen LogP contribution < -0.4 is 5.32 Å². The Hall–Kier alpha value is -1.55. The Labute approximate surface area is 132 Å². The van der Waals surface area contributed by atoms with Crippen molar-refractivity contribution in [3.05, 3.63) is 39.6 Å². The van der Waals surface area contributed by atoms with E-state index in [4.69, 9.17) is 5.26 Å². The fourth-order valence-electron chi connectivity index (χ4n) is 2.11. The zero-order chi connectivity index (χ0) is 14.4. The van der Waals surface area contributed by atoms with E-state index in [2.05, 4.69) is 27.9 Å². The molecule has 1 aromatic carbocycles. The van der Waals surface area contributed by atoms with Gasteiger partial charge in [0, 0.05) is 28.5 Å². The van der Waals surface area contributed by atoms with E-state index in [1.807, 2.05) is 30.3 Å². The number of nitriles is 1. The lowest BCUT2D eigenvalue weighted by Crippen LogP contribution is -2.36. The maximum Gasteiger partial charge on any atom is 0.266 e. The van der Waals surface area contributed by atoms with Crippen molar-refractivity contribution >= 4 is 34.2 Å². The van der Waals surface area contributed by atoms with Gasteiger partial charge in [0.1, 0.15) is 11.6 Å². The SMILES string of the molecule is N#C/C(=C/Nc1ccc(I)cc1)C(=O)N1CCCCC1. The third-order valence-electron chi connectivity index (χ3n) is 3.22. The number of anilines is 1. The van der Waals surface area contributed by atoms with Crippen LogP contribution >= 0.6 is 22.6 Å². The van der Waals surface area contributed by atoms with E-state index in [0.717, 1.165) is 41.6 Å². The summed E-state index contributed by atoms with van der Waals surface area (Å²) in [5.74, 6) is -0.176. The Bertz CT molecular complexity index is 539. The number of carbonyl (C=O) groups excluding carboxylic acids is 1. The number of halogens is 1. The van der Waals surface area contributed by atoms with E-state index in [0.29, 0.717) is 0 Å². The van der Waals surface area contributed by atoms with Crippen molar-refractivity contribution in [1.82, 2.24) is 4.90 Å². The van der Waals surface area contributed by atoms with Gasteiger partial charge in [0.05, 0.1) is 0 Å². The standard InChI is InChI=1S/C15H16IN3O/c16-13-4-6-14(7-5-13)18-11-12(10-17)15(20)19-8-2-1-3-9-19/h4-7,11,18H,1-3,8-9H2/b12-11-. The van der Waals surface area contributed by atoms with Gasteiger partial charge in [-0.3, -0.25) is 4.79 Å². The molecule has 0 spiro atoms. The van der Waals surface area contributed by atoms with Gasteiger partial charge in [-0.25, -0.2) is 0 Å². The largest absolute Gasteiger partial charge is 0.360 e. The van der Waals surface area contributed by atoms with E-state index in [1.54, 1.807) is 4.90 Å². The molecule has 4 nitrogen and oxygen atoms in total. The molecule has 1 aliphatic heterocycles. The van der Waals surface area contributed by atoms with Gasteiger partial charge in [-0.2, -0.15) is 5.26 Å². The second kappa shape index (κ2) is 7.29. The highest BCUT2D eigenvalue weighted by atomic mass is 127. The van der Waals surface area contributed by atoms with Gasteiger partial charge in [0.25, 0.3) is 5.91 Å². The molecule has 0 unspecified atom stereocenters. The molecular formula is C15H16IN3O. The Balaban J connectivity index is 2.03. The lowest BCUT2D eigenvalue weighted by Gasteiger charge is -2.26. The van der Waals surface area contributed by atoms with Gasteiger partial charge in [-0.15, -0.1) is 0 Å². The average molecular weight is 381 g/mol. The van der Waals surface area contributed by atoms with Crippen molar-refractivity contribution in [1.29, 1.82) is 5.26 Å². The first-order chi connectivity index (χ1) is 9.70. The van der Waals surface area contributed by atoms with E-state index in [9.17, 15) is 4.79 Å². The van der Waals surface area contributed by atoms with Crippen LogP contribution in [-0.2, 0) is 4.79 Å². The van der Waals surface area contributed by atoms with Crippen LogP contribution in [0.2, 0.25) is 0 Å². The van der Waals surface area contributed by atoms with Gasteiger partial charge >= 0.3 is 0 Å². The first-order valence-electron chi connectivity index (χ1n) is 6.62. The first kappa shape index (κ1) is 14.9. The summed E-state index contributed by atoms with van der Waals surface area (Å²) in [6.45, 7) is 1.50. The fraction of sp³-hybridized carbons (Fsp3) is 0.333. The van der Waals surface area contributed by atoms with Gasteiger partial charge < -0.3 is 10.2 Å². The Morgan fingerprint density at radius 2 is 1.90 bits per heavy atom. The third kappa shape index (κ3) is 3.97. The van der Waals surface area contributed by atoms with Gasteiger partial charge in [0.2, 0.25) is 0 Å². The summed E-state index contributed by atoms with van der Waals surface area (Å²) in [5, 5.41) is 12.1. The van der Waals surface area contributed by atoms with Gasteiger partial charge in [-0.1, -0.05) is 0 Å². The lowest BCUT2D eigenvalue weighted by molar-refractivity contribution is -0.127. The molecule has 0 saturated carbocycles. The van der Waals surface area contributed by atoms with E-state index < -0.39 is 0 Å². The zero-order valence-electron chi connectivity index (χ0n) is 11.1.